The standard InChI is InChI=1S/C14H19ClN2O.ClH/c1-14(2,11-5-3-4-6-12(11)15)13(18)17-10-7-8-16-9-10;/h3-6,10,16H,7-9H2,1-2H3,(H,17,18);1H. The van der Waals surface area contributed by atoms with E-state index in [2.05, 4.69) is 10.6 Å². The summed E-state index contributed by atoms with van der Waals surface area (Å²) in [6.07, 6.45) is 0.990. The maximum Gasteiger partial charge on any atom is 0.230 e. The minimum Gasteiger partial charge on any atom is -0.351 e. The smallest absolute Gasteiger partial charge is 0.230 e. The molecule has 0 radical (unpaired) electrons. The van der Waals surface area contributed by atoms with Gasteiger partial charge in [0.25, 0.3) is 0 Å². The molecular weight excluding hydrogens is 283 g/mol. The molecule has 1 heterocycles. The van der Waals surface area contributed by atoms with Crippen molar-refractivity contribution in [2.45, 2.75) is 31.7 Å². The van der Waals surface area contributed by atoms with Gasteiger partial charge in [-0.05, 0) is 38.4 Å². The second-order valence-electron chi connectivity index (χ2n) is 5.27. The molecule has 1 aromatic carbocycles. The quantitative estimate of drug-likeness (QED) is 0.901. The normalized spacial score (nSPS) is 18.8. The van der Waals surface area contributed by atoms with Gasteiger partial charge in [0.05, 0.1) is 5.41 Å². The molecule has 0 bridgehead atoms. The van der Waals surface area contributed by atoms with Crippen molar-refractivity contribution in [2.24, 2.45) is 0 Å². The van der Waals surface area contributed by atoms with E-state index >= 15 is 0 Å². The highest BCUT2D eigenvalue weighted by Gasteiger charge is 2.33. The number of rotatable bonds is 3. The van der Waals surface area contributed by atoms with Crippen molar-refractivity contribution in [3.05, 3.63) is 34.9 Å². The minimum absolute atomic E-state index is 0. The van der Waals surface area contributed by atoms with Crippen LogP contribution in [0, 0.1) is 0 Å². The van der Waals surface area contributed by atoms with Gasteiger partial charge in [0, 0.05) is 17.6 Å². The molecule has 1 amide bonds. The lowest BCUT2D eigenvalue weighted by Gasteiger charge is -2.27. The fraction of sp³-hybridized carbons (Fsp3) is 0.500. The molecule has 1 atom stereocenters. The zero-order valence-corrected chi connectivity index (χ0v) is 12.8. The molecule has 1 unspecified atom stereocenters. The van der Waals surface area contributed by atoms with Crippen molar-refractivity contribution >= 4 is 29.9 Å². The Bertz CT molecular complexity index is 443. The third-order valence-electron chi connectivity index (χ3n) is 3.51. The first-order valence-corrected chi connectivity index (χ1v) is 6.66. The number of halogens is 2. The lowest BCUT2D eigenvalue weighted by Crippen LogP contribution is -2.46. The van der Waals surface area contributed by atoms with Crippen LogP contribution in [0.2, 0.25) is 5.02 Å². The number of carbonyl (C=O) groups is 1. The Morgan fingerprint density at radius 1 is 1.42 bits per heavy atom. The zero-order valence-electron chi connectivity index (χ0n) is 11.2. The van der Waals surface area contributed by atoms with Crippen LogP contribution in [0.5, 0.6) is 0 Å². The summed E-state index contributed by atoms with van der Waals surface area (Å²) < 4.78 is 0. The predicted octanol–water partition coefficient (Wildman–Crippen LogP) is 2.52. The van der Waals surface area contributed by atoms with E-state index < -0.39 is 5.41 Å². The fourth-order valence-corrected chi connectivity index (χ4v) is 2.61. The van der Waals surface area contributed by atoms with Crippen molar-refractivity contribution in [3.8, 4) is 0 Å². The summed E-state index contributed by atoms with van der Waals surface area (Å²) in [7, 11) is 0. The maximum atomic E-state index is 12.4. The van der Waals surface area contributed by atoms with Gasteiger partial charge in [-0.3, -0.25) is 4.79 Å². The van der Waals surface area contributed by atoms with E-state index in [0.29, 0.717) is 5.02 Å². The van der Waals surface area contributed by atoms with Crippen LogP contribution in [0.25, 0.3) is 0 Å². The maximum absolute atomic E-state index is 12.4. The Morgan fingerprint density at radius 2 is 2.11 bits per heavy atom. The molecule has 1 saturated heterocycles. The van der Waals surface area contributed by atoms with E-state index in [1.165, 1.54) is 0 Å². The number of amides is 1. The predicted molar refractivity (Wildman–Crippen MR) is 81.1 cm³/mol. The Labute approximate surface area is 125 Å². The van der Waals surface area contributed by atoms with Gasteiger partial charge in [0.1, 0.15) is 0 Å². The van der Waals surface area contributed by atoms with Gasteiger partial charge in [-0.25, -0.2) is 0 Å². The summed E-state index contributed by atoms with van der Waals surface area (Å²) in [6.45, 7) is 5.64. The SMILES string of the molecule is CC(C)(C(=O)NC1CCNC1)c1ccccc1Cl.Cl. The fourth-order valence-electron chi connectivity index (χ4n) is 2.23. The largest absolute Gasteiger partial charge is 0.351 e. The zero-order chi connectivity index (χ0) is 13.2. The Morgan fingerprint density at radius 3 is 2.68 bits per heavy atom. The highest BCUT2D eigenvalue weighted by atomic mass is 35.5. The van der Waals surface area contributed by atoms with Gasteiger partial charge >= 0.3 is 0 Å². The van der Waals surface area contributed by atoms with E-state index in [1.54, 1.807) is 0 Å². The molecule has 0 aliphatic carbocycles. The Hall–Kier alpha value is -0.770. The molecule has 1 fully saturated rings. The number of benzene rings is 1. The molecule has 1 aliphatic heterocycles. The first-order valence-electron chi connectivity index (χ1n) is 6.28. The van der Waals surface area contributed by atoms with Crippen molar-refractivity contribution in [3.63, 3.8) is 0 Å². The summed E-state index contributed by atoms with van der Waals surface area (Å²) in [4.78, 5) is 12.4. The summed E-state index contributed by atoms with van der Waals surface area (Å²) in [5.74, 6) is 0.0318. The third kappa shape index (κ3) is 3.62. The monoisotopic (exact) mass is 302 g/mol. The molecule has 5 heteroatoms. The van der Waals surface area contributed by atoms with E-state index in [0.717, 1.165) is 25.1 Å². The van der Waals surface area contributed by atoms with Crippen molar-refractivity contribution < 1.29 is 4.79 Å². The second-order valence-corrected chi connectivity index (χ2v) is 5.68. The van der Waals surface area contributed by atoms with Crippen LogP contribution in [0.3, 0.4) is 0 Å². The van der Waals surface area contributed by atoms with Gasteiger partial charge < -0.3 is 10.6 Å². The molecule has 106 valence electrons. The lowest BCUT2D eigenvalue weighted by atomic mass is 9.83. The van der Waals surface area contributed by atoms with Crippen LogP contribution in [-0.4, -0.2) is 25.0 Å². The highest BCUT2D eigenvalue weighted by Crippen LogP contribution is 2.30. The van der Waals surface area contributed by atoms with Crippen molar-refractivity contribution in [1.82, 2.24) is 10.6 Å². The van der Waals surface area contributed by atoms with E-state index in [1.807, 2.05) is 38.1 Å². The van der Waals surface area contributed by atoms with Gasteiger partial charge in [-0.1, -0.05) is 29.8 Å². The molecular formula is C14H20Cl2N2O. The van der Waals surface area contributed by atoms with Crippen LogP contribution >= 0.6 is 24.0 Å². The van der Waals surface area contributed by atoms with Crippen LogP contribution in [0.4, 0.5) is 0 Å². The molecule has 2 rings (SSSR count). The molecule has 0 aromatic heterocycles. The van der Waals surface area contributed by atoms with Crippen LogP contribution in [0.15, 0.2) is 24.3 Å². The third-order valence-corrected chi connectivity index (χ3v) is 3.84. The molecule has 0 saturated carbocycles. The molecule has 3 nitrogen and oxygen atoms in total. The number of nitrogens with one attached hydrogen (secondary N) is 2. The number of hydrogen-bond donors (Lipinski definition) is 2. The van der Waals surface area contributed by atoms with Gasteiger partial charge in [-0.2, -0.15) is 0 Å². The number of hydrogen-bond acceptors (Lipinski definition) is 2. The van der Waals surface area contributed by atoms with Crippen LogP contribution in [-0.2, 0) is 10.2 Å². The van der Waals surface area contributed by atoms with E-state index in [4.69, 9.17) is 11.6 Å². The van der Waals surface area contributed by atoms with Gasteiger partial charge in [0.15, 0.2) is 0 Å². The Balaban J connectivity index is 0.00000180. The minimum atomic E-state index is -0.610. The summed E-state index contributed by atoms with van der Waals surface area (Å²) >= 11 is 6.18. The highest BCUT2D eigenvalue weighted by molar-refractivity contribution is 6.31. The first kappa shape index (κ1) is 16.3. The van der Waals surface area contributed by atoms with Crippen LogP contribution in [0.1, 0.15) is 25.8 Å². The van der Waals surface area contributed by atoms with Crippen molar-refractivity contribution in [2.75, 3.05) is 13.1 Å². The molecule has 19 heavy (non-hydrogen) atoms. The van der Waals surface area contributed by atoms with E-state index in [-0.39, 0.29) is 24.4 Å². The summed E-state index contributed by atoms with van der Waals surface area (Å²) in [5.41, 5.74) is 0.260. The van der Waals surface area contributed by atoms with Gasteiger partial charge in [-0.15, -0.1) is 12.4 Å². The van der Waals surface area contributed by atoms with Crippen LogP contribution < -0.4 is 10.6 Å². The molecule has 1 aliphatic rings. The topological polar surface area (TPSA) is 41.1 Å². The van der Waals surface area contributed by atoms with Crippen molar-refractivity contribution in [1.29, 1.82) is 0 Å². The lowest BCUT2D eigenvalue weighted by molar-refractivity contribution is -0.126. The average Bonchev–Trinajstić information content (AvgIpc) is 2.82. The number of carbonyl (C=O) groups excluding carboxylic acids is 1. The second kappa shape index (κ2) is 6.60. The van der Waals surface area contributed by atoms with Gasteiger partial charge in [0.2, 0.25) is 5.91 Å². The average molecular weight is 303 g/mol. The van der Waals surface area contributed by atoms with E-state index in [9.17, 15) is 4.79 Å². The summed E-state index contributed by atoms with van der Waals surface area (Å²) in [6, 6.07) is 7.76. The molecule has 0 spiro atoms. The first-order chi connectivity index (χ1) is 8.51. The Kier molecular flexibility index (Phi) is 5.65. The molecule has 1 aromatic rings. The molecule has 2 N–H and O–H groups in total. The summed E-state index contributed by atoms with van der Waals surface area (Å²) in [5, 5.41) is 6.97.